The molecule has 0 heterocycles. The van der Waals surface area contributed by atoms with Gasteiger partial charge in [-0.05, 0) is 30.7 Å². The second kappa shape index (κ2) is 8.43. The quantitative estimate of drug-likeness (QED) is 0.449. The lowest BCUT2D eigenvalue weighted by Crippen LogP contribution is -2.20. The monoisotopic (exact) mass is 368 g/mol. The number of aryl methyl sites for hydroxylation is 1. The van der Waals surface area contributed by atoms with Crippen LogP contribution < -0.4 is 10.1 Å². The number of nitro benzene ring substituents is 1. The standard InChI is InChI=1S/C16H14F2N2O4S/c1-10-6-7-12(20(22)23)13(8-10)24-9-15(21)19-11-4-2-3-5-14(11)25-16(17)18/h2-8,16H,9H2,1H3,(H,19,21). The summed E-state index contributed by atoms with van der Waals surface area (Å²) in [6, 6.07) is 10.4. The Morgan fingerprint density at radius 1 is 1.32 bits per heavy atom. The van der Waals surface area contributed by atoms with Crippen molar-refractivity contribution in [2.24, 2.45) is 0 Å². The first-order valence-corrected chi connectivity index (χ1v) is 7.96. The molecule has 0 spiro atoms. The molecule has 9 heteroatoms. The van der Waals surface area contributed by atoms with Gasteiger partial charge in [0.25, 0.3) is 11.7 Å². The normalized spacial score (nSPS) is 10.6. The third kappa shape index (κ3) is 5.42. The molecule has 132 valence electrons. The Balaban J connectivity index is 2.05. The smallest absolute Gasteiger partial charge is 0.310 e. The van der Waals surface area contributed by atoms with E-state index in [1.165, 1.54) is 24.3 Å². The van der Waals surface area contributed by atoms with E-state index in [4.69, 9.17) is 4.74 Å². The summed E-state index contributed by atoms with van der Waals surface area (Å²) in [4.78, 5) is 22.6. The molecule has 0 saturated heterocycles. The van der Waals surface area contributed by atoms with Crippen LogP contribution in [0.25, 0.3) is 0 Å². The molecule has 2 rings (SSSR count). The lowest BCUT2D eigenvalue weighted by Gasteiger charge is -2.11. The maximum atomic E-state index is 12.5. The summed E-state index contributed by atoms with van der Waals surface area (Å²) < 4.78 is 30.3. The molecular formula is C16H14F2N2O4S. The number of carbonyl (C=O) groups is 1. The van der Waals surface area contributed by atoms with Crippen molar-refractivity contribution in [3.05, 3.63) is 58.1 Å². The van der Waals surface area contributed by atoms with Gasteiger partial charge in [0, 0.05) is 11.0 Å². The van der Waals surface area contributed by atoms with Crippen molar-refractivity contribution in [3.8, 4) is 5.75 Å². The van der Waals surface area contributed by atoms with E-state index in [1.807, 2.05) is 0 Å². The fourth-order valence-corrected chi connectivity index (χ4v) is 2.58. The van der Waals surface area contributed by atoms with E-state index in [-0.39, 0.29) is 22.0 Å². The van der Waals surface area contributed by atoms with E-state index in [0.29, 0.717) is 11.8 Å². The summed E-state index contributed by atoms with van der Waals surface area (Å²) in [5, 5.41) is 13.4. The molecule has 1 amide bonds. The van der Waals surface area contributed by atoms with Crippen molar-refractivity contribution >= 4 is 29.0 Å². The Hall–Kier alpha value is -2.68. The van der Waals surface area contributed by atoms with Gasteiger partial charge in [-0.3, -0.25) is 14.9 Å². The van der Waals surface area contributed by atoms with E-state index in [1.54, 1.807) is 25.1 Å². The highest BCUT2D eigenvalue weighted by molar-refractivity contribution is 7.99. The molecule has 0 aliphatic heterocycles. The van der Waals surface area contributed by atoms with Gasteiger partial charge in [0.05, 0.1) is 10.6 Å². The van der Waals surface area contributed by atoms with E-state index < -0.39 is 23.2 Å². The zero-order valence-electron chi connectivity index (χ0n) is 13.1. The van der Waals surface area contributed by atoms with Crippen LogP contribution in [0.3, 0.4) is 0 Å². The zero-order valence-corrected chi connectivity index (χ0v) is 13.9. The van der Waals surface area contributed by atoms with Crippen molar-refractivity contribution in [1.82, 2.24) is 0 Å². The van der Waals surface area contributed by atoms with Crippen LogP contribution in [0, 0.1) is 17.0 Å². The molecule has 2 aromatic rings. The molecule has 25 heavy (non-hydrogen) atoms. The van der Waals surface area contributed by atoms with Crippen LogP contribution in [-0.2, 0) is 4.79 Å². The fraction of sp³-hybridized carbons (Fsp3) is 0.188. The molecule has 0 aromatic heterocycles. The average molecular weight is 368 g/mol. The summed E-state index contributed by atoms with van der Waals surface area (Å²) in [6.07, 6.45) is 0. The van der Waals surface area contributed by atoms with Crippen molar-refractivity contribution < 1.29 is 23.2 Å². The van der Waals surface area contributed by atoms with Gasteiger partial charge in [-0.25, -0.2) is 0 Å². The van der Waals surface area contributed by atoms with Crippen LogP contribution >= 0.6 is 11.8 Å². The molecule has 0 aliphatic rings. The minimum Gasteiger partial charge on any atom is -0.477 e. The number of benzene rings is 2. The average Bonchev–Trinajstić information content (AvgIpc) is 2.54. The number of anilines is 1. The number of para-hydroxylation sites is 1. The summed E-state index contributed by atoms with van der Waals surface area (Å²) in [6.45, 7) is 1.24. The van der Waals surface area contributed by atoms with Crippen molar-refractivity contribution in [2.45, 2.75) is 17.6 Å². The predicted molar refractivity (Wildman–Crippen MR) is 90.3 cm³/mol. The highest BCUT2D eigenvalue weighted by atomic mass is 32.2. The first-order chi connectivity index (χ1) is 11.9. The molecule has 0 radical (unpaired) electrons. The molecule has 0 fully saturated rings. The second-order valence-corrected chi connectivity index (χ2v) is 5.97. The van der Waals surface area contributed by atoms with Crippen LogP contribution in [0.5, 0.6) is 5.75 Å². The van der Waals surface area contributed by atoms with Crippen LogP contribution in [-0.4, -0.2) is 23.2 Å². The number of alkyl halides is 2. The maximum absolute atomic E-state index is 12.5. The number of amides is 1. The minimum absolute atomic E-state index is 0.0320. The van der Waals surface area contributed by atoms with E-state index >= 15 is 0 Å². The van der Waals surface area contributed by atoms with Crippen LogP contribution in [0.2, 0.25) is 0 Å². The van der Waals surface area contributed by atoms with Crippen molar-refractivity contribution in [3.63, 3.8) is 0 Å². The Labute approximate surface area is 146 Å². The van der Waals surface area contributed by atoms with E-state index in [2.05, 4.69) is 5.32 Å². The molecule has 0 saturated carbocycles. The number of nitro groups is 1. The molecule has 6 nitrogen and oxygen atoms in total. The molecule has 0 atom stereocenters. The van der Waals surface area contributed by atoms with Gasteiger partial charge in [-0.1, -0.05) is 30.0 Å². The molecule has 0 bridgehead atoms. The lowest BCUT2D eigenvalue weighted by molar-refractivity contribution is -0.385. The number of carbonyl (C=O) groups excluding carboxylic acids is 1. The summed E-state index contributed by atoms with van der Waals surface area (Å²) in [5.41, 5.74) is 0.701. The minimum atomic E-state index is -2.62. The number of hydrogen-bond acceptors (Lipinski definition) is 5. The van der Waals surface area contributed by atoms with Gasteiger partial charge in [0.2, 0.25) is 0 Å². The summed E-state index contributed by atoms with van der Waals surface area (Å²) >= 11 is 0.312. The zero-order chi connectivity index (χ0) is 18.4. The number of nitrogens with zero attached hydrogens (tertiary/aromatic N) is 1. The topological polar surface area (TPSA) is 81.5 Å². The maximum Gasteiger partial charge on any atom is 0.310 e. The SMILES string of the molecule is Cc1ccc([N+](=O)[O-])c(OCC(=O)Nc2ccccc2SC(F)F)c1. The van der Waals surface area contributed by atoms with E-state index in [0.717, 1.165) is 5.56 Å². The van der Waals surface area contributed by atoms with Crippen LogP contribution in [0.1, 0.15) is 5.56 Å². The molecular weight excluding hydrogens is 354 g/mol. The Morgan fingerprint density at radius 3 is 2.72 bits per heavy atom. The van der Waals surface area contributed by atoms with Gasteiger partial charge in [0.15, 0.2) is 12.4 Å². The largest absolute Gasteiger partial charge is 0.477 e. The Kier molecular flexibility index (Phi) is 6.29. The number of rotatable bonds is 7. The third-order valence-electron chi connectivity index (χ3n) is 3.05. The molecule has 2 aromatic carbocycles. The van der Waals surface area contributed by atoms with Gasteiger partial charge in [-0.2, -0.15) is 8.78 Å². The van der Waals surface area contributed by atoms with Crippen molar-refractivity contribution in [2.75, 3.05) is 11.9 Å². The highest BCUT2D eigenvalue weighted by Gasteiger charge is 2.17. The molecule has 1 N–H and O–H groups in total. The highest BCUT2D eigenvalue weighted by Crippen LogP contribution is 2.32. The lowest BCUT2D eigenvalue weighted by atomic mass is 10.2. The Bertz CT molecular complexity index is 786. The number of hydrogen-bond donors (Lipinski definition) is 1. The number of ether oxygens (including phenoxy) is 1. The Morgan fingerprint density at radius 2 is 2.04 bits per heavy atom. The predicted octanol–water partition coefficient (Wildman–Crippen LogP) is 4.24. The second-order valence-electron chi connectivity index (χ2n) is 4.94. The number of halogens is 2. The first-order valence-electron chi connectivity index (χ1n) is 7.08. The summed E-state index contributed by atoms with van der Waals surface area (Å²) in [5.74, 6) is -3.27. The van der Waals surface area contributed by atoms with E-state index in [9.17, 15) is 23.7 Å². The van der Waals surface area contributed by atoms with Gasteiger partial charge in [0.1, 0.15) is 0 Å². The molecule has 0 unspecified atom stereocenters. The molecule has 0 aliphatic carbocycles. The van der Waals surface area contributed by atoms with Crippen LogP contribution in [0.4, 0.5) is 20.2 Å². The van der Waals surface area contributed by atoms with Crippen molar-refractivity contribution in [1.29, 1.82) is 0 Å². The van der Waals surface area contributed by atoms with Gasteiger partial charge >= 0.3 is 5.69 Å². The van der Waals surface area contributed by atoms with Gasteiger partial charge < -0.3 is 10.1 Å². The summed E-state index contributed by atoms with van der Waals surface area (Å²) in [7, 11) is 0. The van der Waals surface area contributed by atoms with Crippen LogP contribution in [0.15, 0.2) is 47.4 Å². The first kappa shape index (κ1) is 18.7. The fourth-order valence-electron chi connectivity index (χ4n) is 1.99. The number of thioether (sulfide) groups is 1. The third-order valence-corrected chi connectivity index (χ3v) is 3.84. The van der Waals surface area contributed by atoms with Gasteiger partial charge in [-0.15, -0.1) is 0 Å². The number of nitrogens with one attached hydrogen (secondary N) is 1.